The number of carbonyl (C=O) groups excluding carboxylic acids is 1. The third kappa shape index (κ3) is 7.43. The Balaban J connectivity index is 2.83. The minimum atomic E-state index is 0.357. The van der Waals surface area contributed by atoms with E-state index in [-0.39, 0.29) is 0 Å². The van der Waals surface area contributed by atoms with Crippen LogP contribution in [0.1, 0.15) is 13.8 Å². The molecule has 0 aliphatic rings. The Kier molecular flexibility index (Phi) is 6.18. The van der Waals surface area contributed by atoms with Gasteiger partial charge < -0.3 is 9.47 Å². The average molecular weight is 146 g/mol. The molecule has 0 aromatic rings. The number of rotatable bonds is 6. The van der Waals surface area contributed by atoms with Crippen molar-refractivity contribution in [2.24, 2.45) is 5.92 Å². The molecule has 0 amide bonds. The summed E-state index contributed by atoms with van der Waals surface area (Å²) in [7, 11) is 0. The van der Waals surface area contributed by atoms with E-state index in [1.165, 1.54) is 0 Å². The molecule has 3 heteroatoms. The van der Waals surface area contributed by atoms with Crippen LogP contribution in [0.15, 0.2) is 0 Å². The van der Waals surface area contributed by atoms with E-state index in [9.17, 15) is 4.79 Å². The van der Waals surface area contributed by atoms with Gasteiger partial charge in [0.15, 0.2) is 0 Å². The normalized spacial score (nSPS) is 9.90. The molecule has 0 heterocycles. The summed E-state index contributed by atoms with van der Waals surface area (Å²) in [5.74, 6) is 0.538. The fourth-order valence-corrected chi connectivity index (χ4v) is 0.474. The molecule has 10 heavy (non-hydrogen) atoms. The summed E-state index contributed by atoms with van der Waals surface area (Å²) < 4.78 is 9.52. The first kappa shape index (κ1) is 9.43. The van der Waals surface area contributed by atoms with Gasteiger partial charge in [0, 0.05) is 6.61 Å². The van der Waals surface area contributed by atoms with Crippen LogP contribution in [0.5, 0.6) is 0 Å². The first-order valence-corrected chi connectivity index (χ1v) is 3.40. The fourth-order valence-electron chi connectivity index (χ4n) is 0.474. The molecule has 0 rings (SSSR count). The van der Waals surface area contributed by atoms with Crippen molar-refractivity contribution in [1.29, 1.82) is 0 Å². The molecule has 0 fully saturated rings. The van der Waals surface area contributed by atoms with E-state index in [2.05, 4.69) is 18.6 Å². The molecule has 0 atom stereocenters. The second-order valence-electron chi connectivity index (χ2n) is 2.44. The highest BCUT2D eigenvalue weighted by atomic mass is 16.5. The highest BCUT2D eigenvalue weighted by molar-refractivity contribution is 5.36. The standard InChI is InChI=1S/C7H14O3/c1-7(2)5-9-3-4-10-6-8/h6-7H,3-5H2,1-2H3. The summed E-state index contributed by atoms with van der Waals surface area (Å²) in [5.41, 5.74) is 0. The second-order valence-corrected chi connectivity index (χ2v) is 2.44. The Labute approximate surface area is 61.3 Å². The molecule has 3 nitrogen and oxygen atoms in total. The summed E-state index contributed by atoms with van der Waals surface area (Å²) in [4.78, 5) is 9.62. The van der Waals surface area contributed by atoms with E-state index in [4.69, 9.17) is 4.74 Å². The fraction of sp³-hybridized carbons (Fsp3) is 0.857. The van der Waals surface area contributed by atoms with Crippen molar-refractivity contribution in [3.63, 3.8) is 0 Å². The molecule has 0 unspecified atom stereocenters. The SMILES string of the molecule is CC(C)COCCOC=O. The van der Waals surface area contributed by atoms with Gasteiger partial charge in [-0.25, -0.2) is 0 Å². The molecule has 0 saturated carbocycles. The molecule has 60 valence electrons. The van der Waals surface area contributed by atoms with Gasteiger partial charge in [-0.2, -0.15) is 0 Å². The van der Waals surface area contributed by atoms with Crippen LogP contribution in [0, 0.1) is 5.92 Å². The van der Waals surface area contributed by atoms with Gasteiger partial charge in [-0.3, -0.25) is 4.79 Å². The lowest BCUT2D eigenvalue weighted by Crippen LogP contribution is -2.07. The third-order valence-corrected chi connectivity index (χ3v) is 0.865. The molecule has 0 aromatic carbocycles. The van der Waals surface area contributed by atoms with Gasteiger partial charge >= 0.3 is 0 Å². The van der Waals surface area contributed by atoms with Gasteiger partial charge in [0.1, 0.15) is 6.61 Å². The smallest absolute Gasteiger partial charge is 0.293 e. The molecule has 0 bridgehead atoms. The van der Waals surface area contributed by atoms with E-state index >= 15 is 0 Å². The summed E-state index contributed by atoms with van der Waals surface area (Å²) in [6, 6.07) is 0. The van der Waals surface area contributed by atoms with Crippen molar-refractivity contribution in [2.45, 2.75) is 13.8 Å². The number of carbonyl (C=O) groups is 1. The highest BCUT2D eigenvalue weighted by Gasteiger charge is 1.92. The molecule has 0 aliphatic heterocycles. The zero-order chi connectivity index (χ0) is 7.82. The predicted octanol–water partition coefficient (Wildman–Crippen LogP) is 0.832. The topological polar surface area (TPSA) is 35.5 Å². The van der Waals surface area contributed by atoms with Crippen molar-refractivity contribution in [1.82, 2.24) is 0 Å². The highest BCUT2D eigenvalue weighted by Crippen LogP contribution is 1.91. The maximum absolute atomic E-state index is 9.62. The lowest BCUT2D eigenvalue weighted by Gasteiger charge is -2.04. The molecule has 0 aromatic heterocycles. The van der Waals surface area contributed by atoms with Crippen LogP contribution >= 0.6 is 0 Å². The first-order valence-electron chi connectivity index (χ1n) is 3.40. The molecule has 0 spiro atoms. The van der Waals surface area contributed by atoms with E-state index in [0.717, 1.165) is 6.61 Å². The van der Waals surface area contributed by atoms with Crippen LogP contribution in [0.2, 0.25) is 0 Å². The van der Waals surface area contributed by atoms with Crippen molar-refractivity contribution in [2.75, 3.05) is 19.8 Å². The molecule has 0 N–H and O–H groups in total. The molecule has 0 radical (unpaired) electrons. The Morgan fingerprint density at radius 2 is 2.10 bits per heavy atom. The van der Waals surface area contributed by atoms with Gasteiger partial charge in [0.25, 0.3) is 6.47 Å². The molecular formula is C7H14O3. The molecule has 0 saturated heterocycles. The predicted molar refractivity (Wildman–Crippen MR) is 37.7 cm³/mol. The largest absolute Gasteiger partial charge is 0.465 e. The quantitative estimate of drug-likeness (QED) is 0.411. The Morgan fingerprint density at radius 1 is 1.40 bits per heavy atom. The van der Waals surface area contributed by atoms with Crippen LogP contribution in [-0.2, 0) is 14.3 Å². The number of hydrogen-bond donors (Lipinski definition) is 0. The summed E-state index contributed by atoms with van der Waals surface area (Å²) in [5, 5.41) is 0. The number of ether oxygens (including phenoxy) is 2. The van der Waals surface area contributed by atoms with Crippen LogP contribution in [0.25, 0.3) is 0 Å². The summed E-state index contributed by atoms with van der Waals surface area (Å²) in [6.45, 7) is 6.15. The van der Waals surface area contributed by atoms with Gasteiger partial charge in [0.05, 0.1) is 6.61 Å². The van der Waals surface area contributed by atoms with E-state index < -0.39 is 0 Å². The van der Waals surface area contributed by atoms with Crippen LogP contribution in [0.4, 0.5) is 0 Å². The molecule has 0 aliphatic carbocycles. The van der Waals surface area contributed by atoms with Gasteiger partial charge in [0.2, 0.25) is 0 Å². The number of hydrogen-bond acceptors (Lipinski definition) is 3. The molecular weight excluding hydrogens is 132 g/mol. The van der Waals surface area contributed by atoms with Crippen molar-refractivity contribution >= 4 is 6.47 Å². The summed E-state index contributed by atoms with van der Waals surface area (Å²) >= 11 is 0. The van der Waals surface area contributed by atoms with Gasteiger partial charge in [-0.05, 0) is 5.92 Å². The monoisotopic (exact) mass is 146 g/mol. The van der Waals surface area contributed by atoms with Crippen LogP contribution in [0.3, 0.4) is 0 Å². The van der Waals surface area contributed by atoms with Crippen LogP contribution < -0.4 is 0 Å². The minimum Gasteiger partial charge on any atom is -0.465 e. The maximum Gasteiger partial charge on any atom is 0.293 e. The lowest BCUT2D eigenvalue weighted by atomic mass is 10.2. The van der Waals surface area contributed by atoms with Gasteiger partial charge in [-0.15, -0.1) is 0 Å². The zero-order valence-electron chi connectivity index (χ0n) is 6.50. The van der Waals surface area contributed by atoms with Gasteiger partial charge in [-0.1, -0.05) is 13.8 Å². The second kappa shape index (κ2) is 6.55. The minimum absolute atomic E-state index is 0.357. The van der Waals surface area contributed by atoms with E-state index in [0.29, 0.717) is 25.6 Å². The average Bonchev–Trinajstić information content (AvgIpc) is 1.87. The summed E-state index contributed by atoms with van der Waals surface area (Å²) in [6.07, 6.45) is 0. The Bertz CT molecular complexity index is 80.9. The Morgan fingerprint density at radius 3 is 2.60 bits per heavy atom. The maximum atomic E-state index is 9.62. The Hall–Kier alpha value is -0.570. The zero-order valence-corrected chi connectivity index (χ0v) is 6.50. The van der Waals surface area contributed by atoms with E-state index in [1.807, 2.05) is 0 Å². The van der Waals surface area contributed by atoms with Crippen molar-refractivity contribution in [3.05, 3.63) is 0 Å². The van der Waals surface area contributed by atoms with Crippen molar-refractivity contribution in [3.8, 4) is 0 Å². The van der Waals surface area contributed by atoms with Crippen LogP contribution in [-0.4, -0.2) is 26.3 Å². The lowest BCUT2D eigenvalue weighted by molar-refractivity contribution is -0.130. The van der Waals surface area contributed by atoms with E-state index in [1.54, 1.807) is 0 Å². The third-order valence-electron chi connectivity index (χ3n) is 0.865. The first-order chi connectivity index (χ1) is 4.77. The van der Waals surface area contributed by atoms with Crippen molar-refractivity contribution < 1.29 is 14.3 Å².